The van der Waals surface area contributed by atoms with E-state index in [9.17, 15) is 4.79 Å². The molecule has 0 bridgehead atoms. The summed E-state index contributed by atoms with van der Waals surface area (Å²) in [4.78, 5) is 16.7. The van der Waals surface area contributed by atoms with Crippen LogP contribution in [0.4, 0.5) is 0 Å². The molecular formula is C10H7ClN4O. The molecule has 0 aliphatic rings. The number of amides is 1. The minimum atomic E-state index is -0.471. The van der Waals surface area contributed by atoms with E-state index in [-0.39, 0.29) is 23.7 Å². The summed E-state index contributed by atoms with van der Waals surface area (Å²) in [7, 11) is 0. The number of aromatic nitrogens is 1. The molecule has 0 saturated carbocycles. The van der Waals surface area contributed by atoms with E-state index in [4.69, 9.17) is 22.1 Å². The highest BCUT2D eigenvalue weighted by Gasteiger charge is 2.17. The summed E-state index contributed by atoms with van der Waals surface area (Å²) in [5.74, 6) is -0.471. The lowest BCUT2D eigenvalue weighted by molar-refractivity contribution is 0.0794. The molecule has 6 heteroatoms. The van der Waals surface area contributed by atoms with Crippen LogP contribution in [0.15, 0.2) is 18.5 Å². The molecule has 1 heterocycles. The Labute approximate surface area is 97.5 Å². The highest BCUT2D eigenvalue weighted by atomic mass is 35.5. The average Bonchev–Trinajstić information content (AvgIpc) is 2.28. The van der Waals surface area contributed by atoms with Gasteiger partial charge in [-0.2, -0.15) is 10.5 Å². The first-order valence-corrected chi connectivity index (χ1v) is 4.71. The summed E-state index contributed by atoms with van der Waals surface area (Å²) in [5, 5.41) is 17.3. The summed E-state index contributed by atoms with van der Waals surface area (Å²) < 4.78 is 0. The number of nitriles is 2. The molecule has 1 rings (SSSR count). The highest BCUT2D eigenvalue weighted by molar-refractivity contribution is 6.33. The molecule has 0 unspecified atom stereocenters. The molecule has 1 aromatic rings. The third kappa shape index (κ3) is 2.69. The number of rotatable bonds is 3. The van der Waals surface area contributed by atoms with Crippen molar-refractivity contribution in [1.29, 1.82) is 10.5 Å². The Kier molecular flexibility index (Phi) is 4.26. The first-order chi connectivity index (χ1) is 7.70. The van der Waals surface area contributed by atoms with Crippen LogP contribution in [-0.4, -0.2) is 28.9 Å². The van der Waals surface area contributed by atoms with Crippen LogP contribution in [-0.2, 0) is 0 Å². The zero-order valence-electron chi connectivity index (χ0n) is 8.22. The molecule has 0 N–H and O–H groups in total. The lowest BCUT2D eigenvalue weighted by Gasteiger charge is -2.15. The molecule has 0 atom stereocenters. The molecule has 0 radical (unpaired) electrons. The fourth-order valence-corrected chi connectivity index (χ4v) is 1.26. The van der Waals surface area contributed by atoms with E-state index in [0.29, 0.717) is 0 Å². The van der Waals surface area contributed by atoms with Gasteiger partial charge in [-0.25, -0.2) is 0 Å². The number of halogens is 1. The minimum absolute atomic E-state index is 0.155. The Bertz CT molecular complexity index is 458. The van der Waals surface area contributed by atoms with Gasteiger partial charge in [0.25, 0.3) is 5.91 Å². The van der Waals surface area contributed by atoms with Crippen molar-refractivity contribution in [2.24, 2.45) is 0 Å². The Morgan fingerprint density at radius 1 is 1.44 bits per heavy atom. The Morgan fingerprint density at radius 3 is 2.56 bits per heavy atom. The molecule has 16 heavy (non-hydrogen) atoms. The van der Waals surface area contributed by atoms with Crippen LogP contribution in [0.3, 0.4) is 0 Å². The lowest BCUT2D eigenvalue weighted by atomic mass is 10.2. The van der Waals surface area contributed by atoms with E-state index in [0.717, 1.165) is 4.90 Å². The molecule has 5 nitrogen and oxygen atoms in total. The van der Waals surface area contributed by atoms with Gasteiger partial charge in [0.2, 0.25) is 0 Å². The van der Waals surface area contributed by atoms with Crippen molar-refractivity contribution >= 4 is 17.5 Å². The lowest BCUT2D eigenvalue weighted by Crippen LogP contribution is -2.32. The summed E-state index contributed by atoms with van der Waals surface area (Å²) in [5.41, 5.74) is 0.190. The molecule has 0 spiro atoms. The standard InChI is InChI=1S/C10H7ClN4O/c11-9-1-4-14-7-8(9)10(16)15(5-2-12)6-3-13/h1,4,7H,5-6H2. The molecule has 0 aliphatic carbocycles. The first kappa shape index (κ1) is 12.0. The third-order valence-corrected chi connectivity index (χ3v) is 2.14. The number of hydrogen-bond acceptors (Lipinski definition) is 4. The van der Waals surface area contributed by atoms with Crippen LogP contribution in [0.5, 0.6) is 0 Å². The Hall–Kier alpha value is -2.11. The fourth-order valence-electron chi connectivity index (χ4n) is 1.08. The van der Waals surface area contributed by atoms with Gasteiger partial charge in [0.15, 0.2) is 0 Å². The van der Waals surface area contributed by atoms with Gasteiger partial charge < -0.3 is 4.90 Å². The average molecular weight is 235 g/mol. The van der Waals surface area contributed by atoms with E-state index < -0.39 is 5.91 Å². The number of carbonyl (C=O) groups is 1. The van der Waals surface area contributed by atoms with Crippen molar-refractivity contribution in [2.75, 3.05) is 13.1 Å². The predicted molar refractivity (Wildman–Crippen MR) is 56.4 cm³/mol. The van der Waals surface area contributed by atoms with Crippen LogP contribution < -0.4 is 0 Å². The van der Waals surface area contributed by atoms with Crippen LogP contribution >= 0.6 is 11.6 Å². The molecule has 1 amide bonds. The molecular weight excluding hydrogens is 228 g/mol. The molecule has 0 saturated heterocycles. The second-order valence-corrected chi connectivity index (χ2v) is 3.24. The maximum absolute atomic E-state index is 11.8. The molecule has 80 valence electrons. The zero-order chi connectivity index (χ0) is 12.0. The van der Waals surface area contributed by atoms with Crippen molar-refractivity contribution in [3.8, 4) is 12.1 Å². The highest BCUT2D eigenvalue weighted by Crippen LogP contribution is 2.15. The van der Waals surface area contributed by atoms with Gasteiger partial charge in [-0.05, 0) is 6.07 Å². The molecule has 0 aliphatic heterocycles. The second kappa shape index (κ2) is 5.69. The van der Waals surface area contributed by atoms with Crippen LogP contribution in [0.2, 0.25) is 5.02 Å². The van der Waals surface area contributed by atoms with E-state index >= 15 is 0 Å². The van der Waals surface area contributed by atoms with Gasteiger partial charge in [0, 0.05) is 12.4 Å². The van der Waals surface area contributed by atoms with Crippen molar-refractivity contribution in [3.05, 3.63) is 29.0 Å². The smallest absolute Gasteiger partial charge is 0.258 e. The summed E-state index contributed by atoms with van der Waals surface area (Å²) in [6, 6.07) is 5.10. The minimum Gasteiger partial charge on any atom is -0.312 e. The van der Waals surface area contributed by atoms with Crippen LogP contribution in [0.1, 0.15) is 10.4 Å². The maximum Gasteiger partial charge on any atom is 0.258 e. The van der Waals surface area contributed by atoms with Gasteiger partial charge in [-0.1, -0.05) is 11.6 Å². The first-order valence-electron chi connectivity index (χ1n) is 4.33. The monoisotopic (exact) mass is 234 g/mol. The number of carbonyl (C=O) groups excluding carboxylic acids is 1. The summed E-state index contributed by atoms with van der Waals surface area (Å²) in [6.07, 6.45) is 2.77. The van der Waals surface area contributed by atoms with E-state index in [1.165, 1.54) is 18.5 Å². The Morgan fingerprint density at radius 2 is 2.06 bits per heavy atom. The fraction of sp³-hybridized carbons (Fsp3) is 0.200. The third-order valence-electron chi connectivity index (χ3n) is 1.81. The molecule has 1 aromatic heterocycles. The van der Waals surface area contributed by atoms with Gasteiger partial charge in [0.1, 0.15) is 13.1 Å². The second-order valence-electron chi connectivity index (χ2n) is 2.83. The topological polar surface area (TPSA) is 80.8 Å². The van der Waals surface area contributed by atoms with Gasteiger partial charge >= 0.3 is 0 Å². The Balaban J connectivity index is 2.96. The van der Waals surface area contributed by atoms with E-state index in [2.05, 4.69) is 4.98 Å². The molecule has 0 aromatic carbocycles. The number of hydrogen-bond donors (Lipinski definition) is 0. The number of pyridine rings is 1. The van der Waals surface area contributed by atoms with Gasteiger partial charge in [-0.15, -0.1) is 0 Å². The summed E-state index contributed by atoms with van der Waals surface area (Å²) >= 11 is 5.81. The van der Waals surface area contributed by atoms with E-state index in [1.54, 1.807) is 0 Å². The van der Waals surface area contributed by atoms with Crippen molar-refractivity contribution in [2.45, 2.75) is 0 Å². The van der Waals surface area contributed by atoms with Crippen molar-refractivity contribution in [1.82, 2.24) is 9.88 Å². The van der Waals surface area contributed by atoms with Crippen LogP contribution in [0, 0.1) is 22.7 Å². The van der Waals surface area contributed by atoms with Crippen LogP contribution in [0.25, 0.3) is 0 Å². The molecule has 0 fully saturated rings. The maximum atomic E-state index is 11.8. The largest absolute Gasteiger partial charge is 0.312 e. The summed E-state index contributed by atoms with van der Waals surface area (Å²) in [6.45, 7) is -0.310. The quantitative estimate of drug-likeness (QED) is 0.737. The van der Waals surface area contributed by atoms with Crippen molar-refractivity contribution < 1.29 is 4.79 Å². The van der Waals surface area contributed by atoms with Gasteiger partial charge in [0.05, 0.1) is 22.7 Å². The van der Waals surface area contributed by atoms with E-state index in [1.807, 2.05) is 12.1 Å². The SMILES string of the molecule is N#CCN(CC#N)C(=O)c1cnccc1Cl. The zero-order valence-corrected chi connectivity index (χ0v) is 8.98. The van der Waals surface area contributed by atoms with Gasteiger partial charge in [-0.3, -0.25) is 9.78 Å². The normalized spacial score (nSPS) is 8.94. The predicted octanol–water partition coefficient (Wildman–Crippen LogP) is 1.22. The number of nitrogens with zero attached hydrogens (tertiary/aromatic N) is 4. The van der Waals surface area contributed by atoms with Crippen molar-refractivity contribution in [3.63, 3.8) is 0 Å².